The largest absolute Gasteiger partial charge is 0.423 e. The average Bonchev–Trinajstić information content (AvgIpc) is 3.89. The van der Waals surface area contributed by atoms with E-state index in [0.717, 1.165) is 55.6 Å². The van der Waals surface area contributed by atoms with Crippen LogP contribution >= 0.6 is 0 Å². The number of hydrogen-bond acceptors (Lipinski definition) is 6. The van der Waals surface area contributed by atoms with Gasteiger partial charge in [-0.25, -0.2) is 19.6 Å². The van der Waals surface area contributed by atoms with Crippen molar-refractivity contribution in [2.24, 2.45) is 0 Å². The molecular formula is C38H26N4O4. The van der Waals surface area contributed by atoms with E-state index in [1.54, 1.807) is 24.3 Å². The molecule has 8 heteroatoms. The van der Waals surface area contributed by atoms with Crippen molar-refractivity contribution >= 4 is 68.3 Å². The van der Waals surface area contributed by atoms with Gasteiger partial charge in [-0.15, -0.1) is 0 Å². The second kappa shape index (κ2) is 12.6. The van der Waals surface area contributed by atoms with Crippen LogP contribution in [0.5, 0.6) is 0 Å². The summed E-state index contributed by atoms with van der Waals surface area (Å²) < 4.78 is 9.81. The Kier molecular flexibility index (Phi) is 7.73. The van der Waals surface area contributed by atoms with Crippen molar-refractivity contribution in [1.29, 1.82) is 0 Å². The molecule has 0 amide bonds. The summed E-state index contributed by atoms with van der Waals surface area (Å²) in [5.41, 5.74) is 8.53. The molecule has 7 aromatic rings. The fraction of sp³-hybridized carbons (Fsp3) is 0. The van der Waals surface area contributed by atoms with Gasteiger partial charge in [0.15, 0.2) is 0 Å². The van der Waals surface area contributed by atoms with Gasteiger partial charge >= 0.3 is 11.3 Å². The molecule has 0 fully saturated rings. The fourth-order valence-corrected chi connectivity index (χ4v) is 4.97. The summed E-state index contributed by atoms with van der Waals surface area (Å²) in [6, 6.07) is 37.6. The predicted molar refractivity (Wildman–Crippen MR) is 184 cm³/mol. The molecule has 0 aliphatic carbocycles. The molecule has 0 spiro atoms. The highest BCUT2D eigenvalue weighted by Gasteiger charge is 2.02. The maximum absolute atomic E-state index is 10.7. The van der Waals surface area contributed by atoms with Crippen molar-refractivity contribution in [3.63, 3.8) is 0 Å². The lowest BCUT2D eigenvalue weighted by molar-refractivity contribution is 0.560. The molecule has 0 atom stereocenters. The molecule has 2 aliphatic rings. The number of aromatic nitrogens is 4. The number of rotatable bonds is 0. The van der Waals surface area contributed by atoms with Crippen LogP contribution < -0.4 is 11.3 Å². The zero-order valence-corrected chi connectivity index (χ0v) is 24.4. The average molecular weight is 603 g/mol. The van der Waals surface area contributed by atoms with E-state index in [1.807, 2.05) is 78.9 Å². The van der Waals surface area contributed by atoms with Gasteiger partial charge in [-0.2, -0.15) is 0 Å². The highest BCUT2D eigenvalue weighted by atomic mass is 16.4. The summed E-state index contributed by atoms with van der Waals surface area (Å²) in [5.74, 6) is 0. The zero-order valence-electron chi connectivity index (χ0n) is 24.4. The Hall–Kier alpha value is -6.54. The summed E-state index contributed by atoms with van der Waals surface area (Å²) >= 11 is 0. The summed E-state index contributed by atoms with van der Waals surface area (Å²) in [5, 5.41) is 1.90. The number of H-pyrrole nitrogens is 2. The van der Waals surface area contributed by atoms with Gasteiger partial charge in [0.1, 0.15) is 11.2 Å². The normalized spacial score (nSPS) is 11.5. The minimum Gasteiger partial charge on any atom is -0.423 e. The van der Waals surface area contributed by atoms with E-state index < -0.39 is 0 Å². The summed E-state index contributed by atoms with van der Waals surface area (Å²) in [7, 11) is 0. The van der Waals surface area contributed by atoms with E-state index in [-0.39, 0.29) is 11.3 Å². The third kappa shape index (κ3) is 6.82. The molecule has 7 heterocycles. The van der Waals surface area contributed by atoms with Gasteiger partial charge in [-0.1, -0.05) is 36.4 Å². The first-order chi connectivity index (χ1) is 22.5. The van der Waals surface area contributed by atoms with Gasteiger partial charge in [0, 0.05) is 45.0 Å². The molecule has 0 saturated carbocycles. The first-order valence-corrected chi connectivity index (χ1v) is 14.5. The van der Waals surface area contributed by atoms with Crippen LogP contribution in [0.15, 0.2) is 140 Å². The van der Waals surface area contributed by atoms with E-state index in [4.69, 9.17) is 8.83 Å². The Balaban J connectivity index is 0.000000127. The van der Waals surface area contributed by atoms with Crippen LogP contribution in [0, 0.1) is 0 Å². The Morgan fingerprint density at radius 2 is 0.804 bits per heavy atom. The van der Waals surface area contributed by atoms with Gasteiger partial charge in [-0.05, 0) is 97.1 Å². The van der Waals surface area contributed by atoms with E-state index in [9.17, 15) is 9.59 Å². The smallest absolute Gasteiger partial charge is 0.336 e. The fourth-order valence-electron chi connectivity index (χ4n) is 4.97. The van der Waals surface area contributed by atoms with Crippen LogP contribution in [-0.2, 0) is 0 Å². The van der Waals surface area contributed by atoms with Crippen LogP contribution in [0.1, 0.15) is 22.8 Å². The second-order valence-corrected chi connectivity index (χ2v) is 10.5. The third-order valence-electron chi connectivity index (χ3n) is 7.10. The number of benzene rings is 2. The lowest BCUT2D eigenvalue weighted by Gasteiger charge is -1.91. The summed E-state index contributed by atoms with van der Waals surface area (Å²) in [6.45, 7) is 0. The van der Waals surface area contributed by atoms with Crippen molar-refractivity contribution < 1.29 is 8.83 Å². The quantitative estimate of drug-likeness (QED) is 0.169. The predicted octanol–water partition coefficient (Wildman–Crippen LogP) is 8.24. The van der Waals surface area contributed by atoms with Gasteiger partial charge in [0.05, 0.1) is 22.8 Å². The van der Waals surface area contributed by atoms with Crippen molar-refractivity contribution in [3.8, 4) is 0 Å². The lowest BCUT2D eigenvalue weighted by atomic mass is 10.2. The summed E-state index contributed by atoms with van der Waals surface area (Å²) in [4.78, 5) is 37.5. The molecule has 5 aromatic heterocycles. The van der Waals surface area contributed by atoms with Gasteiger partial charge < -0.3 is 18.8 Å². The van der Waals surface area contributed by atoms with E-state index >= 15 is 0 Å². The number of para-hydroxylation sites is 2. The number of nitrogens with one attached hydrogen (secondary N) is 2. The monoisotopic (exact) mass is 602 g/mol. The molecule has 8 nitrogen and oxygen atoms in total. The van der Waals surface area contributed by atoms with Crippen molar-refractivity contribution in [2.75, 3.05) is 0 Å². The Labute approximate surface area is 261 Å². The Bertz CT molecular complexity index is 2380. The molecule has 2 aliphatic heterocycles. The summed E-state index contributed by atoms with van der Waals surface area (Å²) in [6.07, 6.45) is 8.05. The van der Waals surface area contributed by atoms with Gasteiger partial charge in [-0.3, -0.25) is 0 Å². The van der Waals surface area contributed by atoms with E-state index in [1.165, 1.54) is 12.1 Å². The maximum atomic E-state index is 10.7. The minimum atomic E-state index is -0.302. The van der Waals surface area contributed by atoms with Crippen LogP contribution in [-0.4, -0.2) is 19.9 Å². The molecule has 2 N–H and O–H groups in total. The maximum Gasteiger partial charge on any atom is 0.336 e. The molecule has 2 aromatic carbocycles. The Morgan fingerprint density at radius 1 is 0.413 bits per heavy atom. The van der Waals surface area contributed by atoms with Gasteiger partial charge in [0.2, 0.25) is 0 Å². The molecule has 0 saturated heterocycles. The molecule has 8 bridgehead atoms. The van der Waals surface area contributed by atoms with Crippen LogP contribution in [0.25, 0.3) is 68.3 Å². The number of fused-ring (bicyclic) bond motifs is 10. The molecule has 46 heavy (non-hydrogen) atoms. The SMILES string of the molecule is C1=Cc2cc3ccc(cc4ccc(cc5nc(cc1n2)C=C5)[nH]4)[nH]3.O=c1ccc2ccccc2o1.O=c1ccc2ccccc2o1. The highest BCUT2D eigenvalue weighted by molar-refractivity contribution is 5.78. The number of aromatic amines is 2. The topological polar surface area (TPSA) is 118 Å². The van der Waals surface area contributed by atoms with Crippen molar-refractivity contribution in [1.82, 2.24) is 19.9 Å². The first kappa shape index (κ1) is 28.2. The molecule has 222 valence electrons. The van der Waals surface area contributed by atoms with Gasteiger partial charge in [0.25, 0.3) is 0 Å². The molecule has 9 rings (SSSR count). The standard InChI is InChI=1S/C20H14N4.2C9H6O2/c1-2-14-10-16-5-6-18(23-16)12-20-8-7-19(24-20)11-17-4-3-15(22-17)9-13(1)21-14;2*10-9-6-5-7-3-1-2-4-8(7)11-9/h1-12,21-22H;2*1-6H. The van der Waals surface area contributed by atoms with E-state index in [0.29, 0.717) is 11.2 Å². The second-order valence-electron chi connectivity index (χ2n) is 10.5. The molecular weight excluding hydrogens is 576 g/mol. The number of nitrogens with zero attached hydrogens (tertiary/aromatic N) is 2. The minimum absolute atomic E-state index is 0.302. The van der Waals surface area contributed by atoms with Crippen LogP contribution in [0.2, 0.25) is 0 Å². The highest BCUT2D eigenvalue weighted by Crippen LogP contribution is 2.17. The molecule has 0 radical (unpaired) electrons. The molecule has 0 unspecified atom stereocenters. The van der Waals surface area contributed by atoms with Crippen molar-refractivity contribution in [3.05, 3.63) is 165 Å². The third-order valence-corrected chi connectivity index (χ3v) is 7.10. The zero-order chi connectivity index (χ0) is 31.3. The van der Waals surface area contributed by atoms with Crippen LogP contribution in [0.3, 0.4) is 0 Å². The Morgan fingerprint density at radius 3 is 1.26 bits per heavy atom. The number of hydrogen-bond donors (Lipinski definition) is 2. The first-order valence-electron chi connectivity index (χ1n) is 14.5. The van der Waals surface area contributed by atoms with Crippen LogP contribution in [0.4, 0.5) is 0 Å². The lowest BCUT2D eigenvalue weighted by Crippen LogP contribution is -1.93. The van der Waals surface area contributed by atoms with E-state index in [2.05, 4.69) is 50.3 Å². The van der Waals surface area contributed by atoms with Crippen molar-refractivity contribution in [2.45, 2.75) is 0 Å².